The smallest absolute Gasteiger partial charge is 0.122 e. The molecule has 1 aliphatic rings. The fraction of sp³-hybridized carbons (Fsp3) is 0.625. The van der Waals surface area contributed by atoms with Gasteiger partial charge in [-0.2, -0.15) is 0 Å². The Morgan fingerprint density at radius 2 is 2.00 bits per heavy atom. The molecule has 0 radical (unpaired) electrons. The normalized spacial score (nSPS) is 17.9. The van der Waals surface area contributed by atoms with Crippen molar-refractivity contribution in [1.29, 1.82) is 0 Å². The fourth-order valence-electron chi connectivity index (χ4n) is 2.49. The van der Waals surface area contributed by atoms with Gasteiger partial charge in [0.2, 0.25) is 0 Å². The van der Waals surface area contributed by atoms with Crippen molar-refractivity contribution in [2.75, 3.05) is 26.2 Å². The van der Waals surface area contributed by atoms with E-state index >= 15 is 0 Å². The van der Waals surface area contributed by atoms with Crippen LogP contribution >= 0.6 is 0 Å². The zero-order valence-electron chi connectivity index (χ0n) is 12.6. The quantitative estimate of drug-likeness (QED) is 0.836. The maximum Gasteiger partial charge on any atom is 0.122 e. The minimum Gasteiger partial charge on any atom is -0.491 e. The average Bonchev–Trinajstić information content (AvgIpc) is 2.45. The molecular weight excluding hydrogens is 252 g/mol. The molecule has 0 amide bonds. The van der Waals surface area contributed by atoms with Crippen LogP contribution in [0.3, 0.4) is 0 Å². The highest BCUT2D eigenvalue weighted by molar-refractivity contribution is 5.35. The first-order chi connectivity index (χ1) is 9.65. The Balaban J connectivity index is 1.70. The van der Waals surface area contributed by atoms with Crippen LogP contribution in [0.15, 0.2) is 18.2 Å². The molecule has 0 spiro atoms. The van der Waals surface area contributed by atoms with Crippen LogP contribution in [0, 0.1) is 13.8 Å². The van der Waals surface area contributed by atoms with Gasteiger partial charge in [-0.15, -0.1) is 0 Å². The van der Waals surface area contributed by atoms with Crippen LogP contribution in [0.4, 0.5) is 0 Å². The zero-order valence-corrected chi connectivity index (χ0v) is 12.6. The summed E-state index contributed by atoms with van der Waals surface area (Å²) >= 11 is 0. The third-order valence-corrected chi connectivity index (χ3v) is 3.67. The number of aryl methyl sites for hydroxylation is 2. The van der Waals surface area contributed by atoms with E-state index in [1.807, 2.05) is 19.1 Å². The van der Waals surface area contributed by atoms with Gasteiger partial charge in [-0.25, -0.2) is 5.01 Å². The Morgan fingerprint density at radius 3 is 2.70 bits per heavy atom. The number of hydrogen-bond donors (Lipinski definition) is 2. The molecular formula is C16H26N2O2. The molecule has 2 rings (SSSR count). The predicted octanol–water partition coefficient (Wildman–Crippen LogP) is 2.03. The second-order valence-corrected chi connectivity index (χ2v) is 5.64. The van der Waals surface area contributed by atoms with Crippen molar-refractivity contribution in [2.45, 2.75) is 39.2 Å². The highest BCUT2D eigenvalue weighted by Gasteiger charge is 2.12. The molecule has 2 N–H and O–H groups in total. The molecule has 1 atom stereocenters. The van der Waals surface area contributed by atoms with Gasteiger partial charge in [0.15, 0.2) is 0 Å². The lowest BCUT2D eigenvalue weighted by atomic mass is 10.1. The van der Waals surface area contributed by atoms with E-state index in [2.05, 4.69) is 23.4 Å². The Labute approximate surface area is 121 Å². The van der Waals surface area contributed by atoms with E-state index in [9.17, 15) is 5.11 Å². The zero-order chi connectivity index (χ0) is 14.4. The summed E-state index contributed by atoms with van der Waals surface area (Å²) in [6, 6.07) is 6.09. The number of aliphatic hydroxyl groups excluding tert-OH is 1. The van der Waals surface area contributed by atoms with E-state index in [0.717, 1.165) is 24.4 Å². The van der Waals surface area contributed by atoms with Gasteiger partial charge in [-0.1, -0.05) is 24.1 Å². The molecule has 1 fully saturated rings. The SMILES string of the molecule is Cc1ccc(OCC(O)CNN2CCCCC2)c(C)c1. The number of rotatable bonds is 6. The lowest BCUT2D eigenvalue weighted by Crippen LogP contribution is -2.46. The maximum absolute atomic E-state index is 9.97. The maximum atomic E-state index is 9.97. The van der Waals surface area contributed by atoms with Gasteiger partial charge in [0.1, 0.15) is 18.5 Å². The second kappa shape index (κ2) is 7.62. The first kappa shape index (κ1) is 15.3. The van der Waals surface area contributed by atoms with Crippen molar-refractivity contribution >= 4 is 0 Å². The van der Waals surface area contributed by atoms with Crippen molar-refractivity contribution in [3.63, 3.8) is 0 Å². The van der Waals surface area contributed by atoms with E-state index in [1.54, 1.807) is 0 Å². The number of piperidine rings is 1. The Kier molecular flexibility index (Phi) is 5.83. The summed E-state index contributed by atoms with van der Waals surface area (Å²) in [5.74, 6) is 0.854. The van der Waals surface area contributed by atoms with E-state index in [4.69, 9.17) is 4.74 Å². The summed E-state index contributed by atoms with van der Waals surface area (Å²) < 4.78 is 5.68. The van der Waals surface area contributed by atoms with E-state index < -0.39 is 6.10 Å². The molecule has 4 heteroatoms. The van der Waals surface area contributed by atoms with Crippen LogP contribution < -0.4 is 10.2 Å². The number of hydrazine groups is 1. The molecule has 112 valence electrons. The van der Waals surface area contributed by atoms with E-state index in [1.165, 1.54) is 24.8 Å². The molecule has 4 nitrogen and oxygen atoms in total. The largest absolute Gasteiger partial charge is 0.491 e. The minimum atomic E-state index is -0.488. The second-order valence-electron chi connectivity index (χ2n) is 5.64. The molecule has 0 aliphatic carbocycles. The summed E-state index contributed by atoms with van der Waals surface area (Å²) in [5, 5.41) is 12.2. The molecule has 1 saturated heterocycles. The lowest BCUT2D eigenvalue weighted by molar-refractivity contribution is 0.0682. The molecule has 1 aliphatic heterocycles. The van der Waals surface area contributed by atoms with Crippen molar-refractivity contribution in [3.8, 4) is 5.75 Å². The van der Waals surface area contributed by atoms with Crippen molar-refractivity contribution in [3.05, 3.63) is 29.3 Å². The van der Waals surface area contributed by atoms with Gasteiger partial charge in [0.25, 0.3) is 0 Å². The van der Waals surface area contributed by atoms with Crippen LogP contribution in [0.25, 0.3) is 0 Å². The van der Waals surface area contributed by atoms with Gasteiger partial charge in [-0.3, -0.25) is 5.43 Å². The molecule has 0 aromatic heterocycles. The van der Waals surface area contributed by atoms with Crippen molar-refractivity contribution in [1.82, 2.24) is 10.4 Å². The van der Waals surface area contributed by atoms with Gasteiger partial charge in [0.05, 0.1) is 0 Å². The fourth-order valence-corrected chi connectivity index (χ4v) is 2.49. The molecule has 1 heterocycles. The number of hydrogen-bond acceptors (Lipinski definition) is 4. The Morgan fingerprint density at radius 1 is 1.25 bits per heavy atom. The first-order valence-electron chi connectivity index (χ1n) is 7.52. The monoisotopic (exact) mass is 278 g/mol. The third-order valence-electron chi connectivity index (χ3n) is 3.67. The summed E-state index contributed by atoms with van der Waals surface area (Å²) in [5.41, 5.74) is 5.62. The standard InChI is InChI=1S/C16H26N2O2/c1-13-6-7-16(14(2)10-13)20-12-15(19)11-17-18-8-4-3-5-9-18/h6-7,10,15,17,19H,3-5,8-9,11-12H2,1-2H3. The number of aliphatic hydroxyl groups is 1. The highest BCUT2D eigenvalue weighted by Crippen LogP contribution is 2.18. The molecule has 1 aromatic carbocycles. The van der Waals surface area contributed by atoms with Crippen molar-refractivity contribution in [2.24, 2.45) is 0 Å². The van der Waals surface area contributed by atoms with Crippen LogP contribution in [-0.4, -0.2) is 42.5 Å². The molecule has 1 aromatic rings. The Hall–Kier alpha value is -1.10. The Bertz CT molecular complexity index is 417. The van der Waals surface area contributed by atoms with E-state index in [-0.39, 0.29) is 0 Å². The van der Waals surface area contributed by atoms with Gasteiger partial charge in [0, 0.05) is 19.6 Å². The van der Waals surface area contributed by atoms with E-state index in [0.29, 0.717) is 13.2 Å². The minimum absolute atomic E-state index is 0.324. The molecule has 20 heavy (non-hydrogen) atoms. The topological polar surface area (TPSA) is 44.7 Å². The number of ether oxygens (including phenoxy) is 1. The summed E-state index contributed by atoms with van der Waals surface area (Å²) in [7, 11) is 0. The summed E-state index contributed by atoms with van der Waals surface area (Å²) in [4.78, 5) is 0. The summed E-state index contributed by atoms with van der Waals surface area (Å²) in [6.45, 7) is 7.11. The summed E-state index contributed by atoms with van der Waals surface area (Å²) in [6.07, 6.45) is 3.30. The first-order valence-corrected chi connectivity index (χ1v) is 7.52. The van der Waals surface area contributed by atoms with Gasteiger partial charge >= 0.3 is 0 Å². The molecule has 0 saturated carbocycles. The van der Waals surface area contributed by atoms with Gasteiger partial charge in [-0.05, 0) is 38.3 Å². The van der Waals surface area contributed by atoms with Crippen LogP contribution in [-0.2, 0) is 0 Å². The van der Waals surface area contributed by atoms with Crippen molar-refractivity contribution < 1.29 is 9.84 Å². The lowest BCUT2D eigenvalue weighted by Gasteiger charge is -2.28. The molecule has 1 unspecified atom stereocenters. The van der Waals surface area contributed by atoms with Crippen LogP contribution in [0.5, 0.6) is 5.75 Å². The number of benzene rings is 1. The van der Waals surface area contributed by atoms with Gasteiger partial charge < -0.3 is 9.84 Å². The average molecular weight is 278 g/mol. The van der Waals surface area contributed by atoms with Crippen LogP contribution in [0.2, 0.25) is 0 Å². The third kappa shape index (κ3) is 4.78. The molecule has 0 bridgehead atoms. The number of nitrogens with zero attached hydrogens (tertiary/aromatic N) is 1. The highest BCUT2D eigenvalue weighted by atomic mass is 16.5. The number of nitrogens with one attached hydrogen (secondary N) is 1. The van der Waals surface area contributed by atoms with Crippen LogP contribution in [0.1, 0.15) is 30.4 Å². The predicted molar refractivity (Wildman–Crippen MR) is 80.8 cm³/mol.